The summed E-state index contributed by atoms with van der Waals surface area (Å²) in [5, 5.41) is 4.72. The number of hydrogen-bond acceptors (Lipinski definition) is 3. The van der Waals surface area contributed by atoms with Gasteiger partial charge in [0.05, 0.1) is 5.41 Å². The van der Waals surface area contributed by atoms with E-state index in [1.54, 1.807) is 0 Å². The number of carbonyl (C=O) groups is 1. The van der Waals surface area contributed by atoms with Gasteiger partial charge in [0, 0.05) is 55.0 Å². The Bertz CT molecular complexity index is 840. The topological polar surface area (TPSA) is 35.6 Å². The average Bonchev–Trinajstić information content (AvgIpc) is 3.27. The van der Waals surface area contributed by atoms with Gasteiger partial charge in [-0.3, -0.25) is 9.69 Å². The van der Waals surface area contributed by atoms with Crippen LogP contribution in [0.4, 0.5) is 5.69 Å². The first kappa shape index (κ1) is 21.5. The lowest BCUT2D eigenvalue weighted by atomic mass is 9.78. The molecular weight excluding hydrogens is 417 g/mol. The molecule has 2 aromatic rings. The Hall–Kier alpha value is -1.75. The summed E-state index contributed by atoms with van der Waals surface area (Å²) in [6.07, 6.45) is 4.03. The number of hydrogen-bond donors (Lipinski definition) is 1. The Morgan fingerprint density at radius 2 is 1.43 bits per heavy atom. The Morgan fingerprint density at radius 3 is 2.03 bits per heavy atom. The summed E-state index contributed by atoms with van der Waals surface area (Å²) in [4.78, 5) is 18.0. The normalized spacial score (nSPS) is 19.1. The van der Waals surface area contributed by atoms with E-state index in [4.69, 9.17) is 23.2 Å². The maximum Gasteiger partial charge on any atom is 0.230 e. The molecule has 1 heterocycles. The molecule has 6 heteroatoms. The molecule has 0 radical (unpaired) electrons. The molecule has 0 spiro atoms. The first-order valence-corrected chi connectivity index (χ1v) is 11.6. The molecule has 2 aliphatic rings. The van der Waals surface area contributed by atoms with Gasteiger partial charge < -0.3 is 10.2 Å². The zero-order chi connectivity index (χ0) is 21.0. The molecule has 4 rings (SSSR count). The molecule has 0 unspecified atom stereocenters. The summed E-state index contributed by atoms with van der Waals surface area (Å²) >= 11 is 12.0. The van der Waals surface area contributed by atoms with Gasteiger partial charge in [0.1, 0.15) is 0 Å². The molecule has 1 saturated heterocycles. The molecule has 4 nitrogen and oxygen atoms in total. The van der Waals surface area contributed by atoms with E-state index in [0.717, 1.165) is 69.0 Å². The third kappa shape index (κ3) is 4.77. The second kappa shape index (κ2) is 9.59. The first-order chi connectivity index (χ1) is 14.6. The lowest BCUT2D eigenvalue weighted by Crippen LogP contribution is -2.50. The van der Waals surface area contributed by atoms with Gasteiger partial charge in [-0.05, 0) is 54.8 Å². The minimum Gasteiger partial charge on any atom is -0.369 e. The number of piperazine rings is 1. The van der Waals surface area contributed by atoms with Gasteiger partial charge in [-0.1, -0.05) is 48.2 Å². The van der Waals surface area contributed by atoms with Crippen molar-refractivity contribution in [3.8, 4) is 0 Å². The minimum absolute atomic E-state index is 0.169. The Labute approximate surface area is 189 Å². The fraction of sp³-hybridized carbons (Fsp3) is 0.458. The van der Waals surface area contributed by atoms with Crippen LogP contribution < -0.4 is 10.2 Å². The standard InChI is InChI=1S/C24H29Cl2N3O/c25-20-5-3-19(4-6-20)24(11-1-2-12-24)23(30)27-13-14-28-15-17-29(18-16-28)22-9-7-21(26)8-10-22/h3-10H,1-2,11-18H2,(H,27,30). The van der Waals surface area contributed by atoms with Gasteiger partial charge in [-0.15, -0.1) is 0 Å². The van der Waals surface area contributed by atoms with E-state index in [9.17, 15) is 4.79 Å². The number of amides is 1. The zero-order valence-electron chi connectivity index (χ0n) is 17.2. The average molecular weight is 446 g/mol. The molecule has 160 valence electrons. The second-order valence-electron chi connectivity index (χ2n) is 8.36. The van der Waals surface area contributed by atoms with E-state index in [2.05, 4.69) is 27.2 Å². The largest absolute Gasteiger partial charge is 0.369 e. The summed E-state index contributed by atoms with van der Waals surface area (Å²) in [5.74, 6) is 0.169. The summed E-state index contributed by atoms with van der Waals surface area (Å²) < 4.78 is 0. The minimum atomic E-state index is -0.391. The van der Waals surface area contributed by atoms with E-state index in [-0.39, 0.29) is 5.91 Å². The molecule has 1 N–H and O–H groups in total. The second-order valence-corrected chi connectivity index (χ2v) is 9.23. The van der Waals surface area contributed by atoms with Gasteiger partial charge >= 0.3 is 0 Å². The Kier molecular flexibility index (Phi) is 6.87. The third-order valence-corrected chi connectivity index (χ3v) is 7.07. The van der Waals surface area contributed by atoms with Crippen LogP contribution in [-0.4, -0.2) is 50.1 Å². The predicted octanol–water partition coefficient (Wildman–Crippen LogP) is 4.74. The smallest absolute Gasteiger partial charge is 0.230 e. The number of halogens is 2. The number of rotatable bonds is 6. The molecule has 2 fully saturated rings. The van der Waals surface area contributed by atoms with Gasteiger partial charge in [-0.2, -0.15) is 0 Å². The van der Waals surface area contributed by atoms with Gasteiger partial charge in [-0.25, -0.2) is 0 Å². The highest BCUT2D eigenvalue weighted by atomic mass is 35.5. The van der Waals surface area contributed by atoms with Crippen molar-refractivity contribution in [1.29, 1.82) is 0 Å². The van der Waals surface area contributed by atoms with E-state index in [0.29, 0.717) is 11.6 Å². The highest BCUT2D eigenvalue weighted by Crippen LogP contribution is 2.41. The van der Waals surface area contributed by atoms with Crippen molar-refractivity contribution < 1.29 is 4.79 Å². The number of carbonyl (C=O) groups excluding carboxylic acids is 1. The molecule has 1 aliphatic heterocycles. The summed E-state index contributed by atoms with van der Waals surface area (Å²) in [5.41, 5.74) is 1.93. The van der Waals surface area contributed by atoms with Crippen molar-refractivity contribution in [3.63, 3.8) is 0 Å². The van der Waals surface area contributed by atoms with Crippen molar-refractivity contribution in [1.82, 2.24) is 10.2 Å². The summed E-state index contributed by atoms with van der Waals surface area (Å²) in [7, 11) is 0. The van der Waals surface area contributed by atoms with Crippen LogP contribution in [0.1, 0.15) is 31.2 Å². The molecule has 0 bridgehead atoms. The van der Waals surface area contributed by atoms with Crippen LogP contribution in [0.25, 0.3) is 0 Å². The van der Waals surface area contributed by atoms with E-state index >= 15 is 0 Å². The number of benzene rings is 2. The zero-order valence-corrected chi connectivity index (χ0v) is 18.8. The number of anilines is 1. The van der Waals surface area contributed by atoms with E-state index in [1.807, 2.05) is 36.4 Å². The predicted molar refractivity (Wildman–Crippen MR) is 125 cm³/mol. The van der Waals surface area contributed by atoms with Crippen molar-refractivity contribution >= 4 is 34.8 Å². The quantitative estimate of drug-likeness (QED) is 0.696. The van der Waals surface area contributed by atoms with Crippen molar-refractivity contribution in [2.75, 3.05) is 44.2 Å². The van der Waals surface area contributed by atoms with Crippen LogP contribution in [0.5, 0.6) is 0 Å². The van der Waals surface area contributed by atoms with Gasteiger partial charge in [0.2, 0.25) is 5.91 Å². The number of nitrogens with zero attached hydrogens (tertiary/aromatic N) is 2. The highest BCUT2D eigenvalue weighted by Gasteiger charge is 2.42. The van der Waals surface area contributed by atoms with E-state index in [1.165, 1.54) is 5.69 Å². The highest BCUT2D eigenvalue weighted by molar-refractivity contribution is 6.30. The lowest BCUT2D eigenvalue weighted by Gasteiger charge is -2.36. The van der Waals surface area contributed by atoms with Crippen LogP contribution in [-0.2, 0) is 10.2 Å². The Balaban J connectivity index is 1.27. The van der Waals surface area contributed by atoms with Gasteiger partial charge in [0.15, 0.2) is 0 Å². The molecule has 1 saturated carbocycles. The maximum absolute atomic E-state index is 13.2. The van der Waals surface area contributed by atoms with Crippen molar-refractivity contribution in [2.24, 2.45) is 0 Å². The SMILES string of the molecule is O=C(NCCN1CCN(c2ccc(Cl)cc2)CC1)C1(c2ccc(Cl)cc2)CCCC1. The number of nitrogens with one attached hydrogen (secondary N) is 1. The fourth-order valence-corrected chi connectivity index (χ4v) is 5.02. The molecule has 2 aromatic carbocycles. The lowest BCUT2D eigenvalue weighted by molar-refractivity contribution is -0.126. The summed E-state index contributed by atoms with van der Waals surface area (Å²) in [6, 6.07) is 15.9. The molecule has 1 amide bonds. The van der Waals surface area contributed by atoms with E-state index < -0.39 is 5.41 Å². The van der Waals surface area contributed by atoms with Crippen molar-refractivity contribution in [3.05, 3.63) is 64.1 Å². The van der Waals surface area contributed by atoms with Crippen LogP contribution in [0.15, 0.2) is 48.5 Å². The van der Waals surface area contributed by atoms with Crippen LogP contribution in [0.3, 0.4) is 0 Å². The molecule has 0 atom stereocenters. The monoisotopic (exact) mass is 445 g/mol. The van der Waals surface area contributed by atoms with Crippen LogP contribution >= 0.6 is 23.2 Å². The molecule has 0 aromatic heterocycles. The molecule has 1 aliphatic carbocycles. The van der Waals surface area contributed by atoms with Gasteiger partial charge in [0.25, 0.3) is 0 Å². The molecule has 30 heavy (non-hydrogen) atoms. The van der Waals surface area contributed by atoms with Crippen LogP contribution in [0.2, 0.25) is 10.0 Å². The Morgan fingerprint density at radius 1 is 0.867 bits per heavy atom. The first-order valence-electron chi connectivity index (χ1n) is 10.8. The molecular formula is C24H29Cl2N3O. The summed E-state index contributed by atoms with van der Waals surface area (Å²) in [6.45, 7) is 5.56. The van der Waals surface area contributed by atoms with Crippen LogP contribution in [0, 0.1) is 0 Å². The van der Waals surface area contributed by atoms with Crippen molar-refractivity contribution in [2.45, 2.75) is 31.1 Å². The fourth-order valence-electron chi connectivity index (χ4n) is 4.77. The third-order valence-electron chi connectivity index (χ3n) is 6.57. The maximum atomic E-state index is 13.2.